The minimum atomic E-state index is -0.908. The SMILES string of the molecule is CN1CCC(N2CCN([C@]3(CC=O)C[C@H](N4CCc5ccccc5NC4=O)CCN3C(=O)OCc3ccc(O)cc3)CC2)CC1. The molecule has 3 amide bonds. The minimum Gasteiger partial charge on any atom is -0.508 e. The summed E-state index contributed by atoms with van der Waals surface area (Å²) in [6, 6.07) is 14.8. The fourth-order valence-corrected chi connectivity index (χ4v) is 7.78. The third kappa shape index (κ3) is 6.80. The van der Waals surface area contributed by atoms with Crippen LogP contribution in [0.15, 0.2) is 48.5 Å². The van der Waals surface area contributed by atoms with Crippen LogP contribution in [0.4, 0.5) is 15.3 Å². The number of phenolic OH excluding ortho intramolecular Hbond substituents is 1. The number of piperidine rings is 2. The van der Waals surface area contributed by atoms with E-state index in [9.17, 15) is 19.5 Å². The molecule has 0 unspecified atom stereocenters. The predicted octanol–water partition coefficient (Wildman–Crippen LogP) is 3.58. The Morgan fingerprint density at radius 1 is 0.956 bits per heavy atom. The van der Waals surface area contributed by atoms with Crippen LogP contribution in [0.3, 0.4) is 0 Å². The first-order valence-electron chi connectivity index (χ1n) is 16.4. The zero-order valence-electron chi connectivity index (χ0n) is 26.3. The van der Waals surface area contributed by atoms with E-state index in [1.807, 2.05) is 29.2 Å². The van der Waals surface area contributed by atoms with Gasteiger partial charge < -0.3 is 29.8 Å². The maximum atomic E-state index is 13.9. The molecule has 11 heteroatoms. The highest BCUT2D eigenvalue weighted by molar-refractivity contribution is 5.91. The molecule has 0 aromatic heterocycles. The van der Waals surface area contributed by atoms with Gasteiger partial charge in [0.05, 0.1) is 0 Å². The Bertz CT molecular complexity index is 1340. The van der Waals surface area contributed by atoms with Gasteiger partial charge >= 0.3 is 12.1 Å². The van der Waals surface area contributed by atoms with Crippen molar-refractivity contribution in [3.05, 3.63) is 59.7 Å². The Kier molecular flexibility index (Phi) is 9.58. The highest BCUT2D eigenvalue weighted by atomic mass is 16.6. The van der Waals surface area contributed by atoms with Gasteiger partial charge in [-0.3, -0.25) is 14.7 Å². The number of carbonyl (C=O) groups is 3. The van der Waals surface area contributed by atoms with Gasteiger partial charge in [-0.2, -0.15) is 0 Å². The number of ether oxygens (including phenoxy) is 1. The van der Waals surface area contributed by atoms with Crippen LogP contribution in [0, 0.1) is 0 Å². The quantitative estimate of drug-likeness (QED) is 0.454. The number of aromatic hydroxyl groups is 1. The van der Waals surface area contributed by atoms with E-state index < -0.39 is 11.8 Å². The van der Waals surface area contributed by atoms with Crippen LogP contribution in [0.25, 0.3) is 0 Å². The van der Waals surface area contributed by atoms with Gasteiger partial charge in [0.15, 0.2) is 0 Å². The van der Waals surface area contributed by atoms with Crippen molar-refractivity contribution in [2.75, 3.05) is 64.7 Å². The number of hydrogen-bond acceptors (Lipinski definition) is 8. The molecule has 45 heavy (non-hydrogen) atoms. The number of carbonyl (C=O) groups excluding carboxylic acids is 3. The van der Waals surface area contributed by atoms with E-state index in [1.165, 1.54) is 0 Å². The average Bonchev–Trinajstić information content (AvgIpc) is 3.23. The maximum Gasteiger partial charge on any atom is 0.411 e. The molecule has 4 aliphatic rings. The highest BCUT2D eigenvalue weighted by Crippen LogP contribution is 2.39. The summed E-state index contributed by atoms with van der Waals surface area (Å²) in [5.74, 6) is 0.150. The van der Waals surface area contributed by atoms with E-state index in [4.69, 9.17) is 4.74 Å². The lowest BCUT2D eigenvalue weighted by Gasteiger charge is -2.57. The Labute approximate surface area is 265 Å². The van der Waals surface area contributed by atoms with E-state index >= 15 is 0 Å². The molecule has 0 aliphatic carbocycles. The summed E-state index contributed by atoms with van der Waals surface area (Å²) in [7, 11) is 2.18. The molecule has 4 aliphatic heterocycles. The van der Waals surface area contributed by atoms with Gasteiger partial charge in [0.25, 0.3) is 0 Å². The Hall–Kier alpha value is -3.67. The van der Waals surface area contributed by atoms with Gasteiger partial charge in [0.1, 0.15) is 24.3 Å². The standard InChI is InChI=1S/C34H46N6O5/c1-36-15-11-28(12-16-36)37-19-21-38(22-20-37)34(14-23-41)24-29(39-17-10-27-4-2-3-5-31(27)35-32(39)43)13-18-40(34)33(44)45-25-26-6-8-30(42)9-7-26/h2-9,23,28-29,42H,10-22,24-25H2,1H3,(H,35,43)/t29-,34+/m1/s1. The molecule has 6 rings (SSSR count). The summed E-state index contributed by atoms with van der Waals surface area (Å²) >= 11 is 0. The molecule has 0 bridgehead atoms. The van der Waals surface area contributed by atoms with Crippen LogP contribution in [-0.2, 0) is 22.6 Å². The molecule has 2 aromatic rings. The number of rotatable bonds is 7. The number of piperazine rings is 1. The number of phenols is 1. The molecule has 11 nitrogen and oxygen atoms in total. The number of likely N-dealkylation sites (tertiary alicyclic amines) is 2. The van der Waals surface area contributed by atoms with Crippen molar-refractivity contribution in [3.8, 4) is 5.75 Å². The minimum absolute atomic E-state index is 0.0624. The summed E-state index contributed by atoms with van der Waals surface area (Å²) in [5, 5.41) is 12.8. The predicted molar refractivity (Wildman–Crippen MR) is 171 cm³/mol. The molecular weight excluding hydrogens is 572 g/mol. The summed E-state index contributed by atoms with van der Waals surface area (Å²) in [4.78, 5) is 50.8. The normalized spacial score (nSPS) is 25.7. The van der Waals surface area contributed by atoms with Crippen LogP contribution in [-0.4, -0.2) is 125 Å². The molecule has 4 heterocycles. The Morgan fingerprint density at radius 3 is 2.40 bits per heavy atom. The van der Waals surface area contributed by atoms with E-state index in [1.54, 1.807) is 29.2 Å². The van der Waals surface area contributed by atoms with Crippen LogP contribution < -0.4 is 5.32 Å². The van der Waals surface area contributed by atoms with E-state index in [2.05, 4.69) is 27.1 Å². The molecule has 0 radical (unpaired) electrons. The average molecular weight is 619 g/mol. The van der Waals surface area contributed by atoms with Gasteiger partial charge in [-0.25, -0.2) is 9.59 Å². The third-order valence-electron chi connectivity index (χ3n) is 10.4. The van der Waals surface area contributed by atoms with Crippen molar-refractivity contribution >= 4 is 24.1 Å². The molecule has 2 atom stereocenters. The Balaban J connectivity index is 1.23. The number of aldehydes is 1. The molecule has 3 fully saturated rings. The van der Waals surface area contributed by atoms with Crippen LogP contribution >= 0.6 is 0 Å². The number of nitrogens with zero attached hydrogens (tertiary/aromatic N) is 5. The molecule has 2 N–H and O–H groups in total. The monoisotopic (exact) mass is 618 g/mol. The summed E-state index contributed by atoms with van der Waals surface area (Å²) in [5.41, 5.74) is 1.80. The number of anilines is 1. The maximum absolute atomic E-state index is 13.9. The first-order valence-corrected chi connectivity index (χ1v) is 16.4. The second-order valence-electron chi connectivity index (χ2n) is 13.0. The second-order valence-corrected chi connectivity index (χ2v) is 13.0. The number of benzene rings is 2. The first kappa shape index (κ1) is 31.3. The lowest BCUT2D eigenvalue weighted by molar-refractivity contribution is -0.130. The van der Waals surface area contributed by atoms with Crippen molar-refractivity contribution in [2.24, 2.45) is 0 Å². The number of hydrogen-bond donors (Lipinski definition) is 2. The fourth-order valence-electron chi connectivity index (χ4n) is 7.78. The van der Waals surface area contributed by atoms with Crippen LogP contribution in [0.2, 0.25) is 0 Å². The largest absolute Gasteiger partial charge is 0.508 e. The highest BCUT2D eigenvalue weighted by Gasteiger charge is 2.52. The van der Waals surface area contributed by atoms with Gasteiger partial charge in [0.2, 0.25) is 0 Å². The molecule has 3 saturated heterocycles. The number of fused-ring (bicyclic) bond motifs is 1. The Morgan fingerprint density at radius 2 is 1.67 bits per heavy atom. The van der Waals surface area contributed by atoms with E-state index in [0.29, 0.717) is 32.0 Å². The first-order chi connectivity index (χ1) is 21.9. The van der Waals surface area contributed by atoms with Gasteiger partial charge in [-0.05, 0) is 75.1 Å². The number of urea groups is 1. The topological polar surface area (TPSA) is 109 Å². The van der Waals surface area contributed by atoms with Crippen molar-refractivity contribution in [2.45, 2.75) is 62.9 Å². The number of amides is 3. The second kappa shape index (κ2) is 13.8. The van der Waals surface area contributed by atoms with Crippen LogP contribution in [0.5, 0.6) is 5.75 Å². The van der Waals surface area contributed by atoms with Crippen LogP contribution in [0.1, 0.15) is 43.2 Å². The van der Waals surface area contributed by atoms with E-state index in [0.717, 1.165) is 81.6 Å². The summed E-state index contributed by atoms with van der Waals surface area (Å²) < 4.78 is 5.85. The molecular formula is C34H46N6O5. The lowest BCUT2D eigenvalue weighted by Crippen LogP contribution is -2.71. The zero-order valence-corrected chi connectivity index (χ0v) is 26.3. The van der Waals surface area contributed by atoms with Gasteiger partial charge in [-0.15, -0.1) is 0 Å². The van der Waals surface area contributed by atoms with E-state index in [-0.39, 0.29) is 30.9 Å². The number of nitrogens with one attached hydrogen (secondary N) is 1. The van der Waals surface area contributed by atoms with Gasteiger partial charge in [0, 0.05) is 69.9 Å². The van der Waals surface area contributed by atoms with Crippen molar-refractivity contribution in [1.82, 2.24) is 24.5 Å². The molecule has 0 saturated carbocycles. The van der Waals surface area contributed by atoms with Crippen molar-refractivity contribution in [1.29, 1.82) is 0 Å². The summed E-state index contributed by atoms with van der Waals surface area (Å²) in [6.45, 7) is 6.41. The third-order valence-corrected chi connectivity index (χ3v) is 10.4. The van der Waals surface area contributed by atoms with Crippen molar-refractivity contribution < 1.29 is 24.2 Å². The fraction of sp³-hybridized carbons (Fsp3) is 0.559. The molecule has 2 aromatic carbocycles. The summed E-state index contributed by atoms with van der Waals surface area (Å²) in [6.07, 6.45) is 4.70. The van der Waals surface area contributed by atoms with Crippen molar-refractivity contribution in [3.63, 3.8) is 0 Å². The zero-order chi connectivity index (χ0) is 31.4. The van der Waals surface area contributed by atoms with Gasteiger partial charge in [-0.1, -0.05) is 30.3 Å². The smallest absolute Gasteiger partial charge is 0.411 e. The number of para-hydroxylation sites is 1. The molecule has 0 spiro atoms. The lowest BCUT2D eigenvalue weighted by atomic mass is 9.85. The molecule has 242 valence electrons.